The van der Waals surface area contributed by atoms with Crippen molar-refractivity contribution in [3.05, 3.63) is 71.8 Å². The van der Waals surface area contributed by atoms with Crippen molar-refractivity contribution in [2.24, 2.45) is 0 Å². The van der Waals surface area contributed by atoms with Crippen molar-refractivity contribution in [2.75, 3.05) is 12.3 Å². The largest absolute Gasteiger partial charge is 0.460 e. The minimum atomic E-state index is -0.472. The molecule has 0 saturated heterocycles. The number of benzene rings is 2. The highest BCUT2D eigenvalue weighted by Gasteiger charge is 2.17. The van der Waals surface area contributed by atoms with Gasteiger partial charge in [0.25, 0.3) is 0 Å². The molecule has 0 radical (unpaired) electrons. The molecule has 0 spiro atoms. The summed E-state index contributed by atoms with van der Waals surface area (Å²) in [5.41, 5.74) is 1.95. The van der Waals surface area contributed by atoms with E-state index in [1.165, 1.54) is 18.7 Å². The second kappa shape index (κ2) is 12.0. The highest BCUT2D eigenvalue weighted by molar-refractivity contribution is 8.13. The zero-order chi connectivity index (χ0) is 20.2. The molecule has 0 saturated carbocycles. The van der Waals surface area contributed by atoms with Crippen molar-refractivity contribution in [1.82, 2.24) is 5.32 Å². The quantitative estimate of drug-likeness (QED) is 0.617. The van der Waals surface area contributed by atoms with Crippen LogP contribution in [0.1, 0.15) is 36.8 Å². The maximum absolute atomic E-state index is 12.3. The lowest BCUT2D eigenvalue weighted by Gasteiger charge is -2.16. The summed E-state index contributed by atoms with van der Waals surface area (Å²) in [7, 11) is 0. The molecule has 1 amide bonds. The molecule has 0 aromatic heterocycles. The summed E-state index contributed by atoms with van der Waals surface area (Å²) < 4.78 is 5.16. The number of carbonyl (C=O) groups is 3. The molecule has 28 heavy (non-hydrogen) atoms. The molecule has 2 rings (SSSR count). The fourth-order valence-electron chi connectivity index (χ4n) is 2.71. The number of amides is 1. The van der Waals surface area contributed by atoms with E-state index in [0.29, 0.717) is 12.2 Å². The van der Waals surface area contributed by atoms with Crippen LogP contribution >= 0.6 is 11.8 Å². The lowest BCUT2D eigenvalue weighted by atomic mass is 9.93. The first-order valence-electron chi connectivity index (χ1n) is 9.19. The second-order valence-electron chi connectivity index (χ2n) is 6.36. The zero-order valence-corrected chi connectivity index (χ0v) is 16.7. The van der Waals surface area contributed by atoms with E-state index in [9.17, 15) is 14.4 Å². The van der Waals surface area contributed by atoms with Crippen molar-refractivity contribution in [1.29, 1.82) is 0 Å². The van der Waals surface area contributed by atoms with Crippen LogP contribution in [-0.2, 0) is 25.7 Å². The van der Waals surface area contributed by atoms with Crippen molar-refractivity contribution in [3.8, 4) is 0 Å². The van der Waals surface area contributed by atoms with Crippen LogP contribution in [0.15, 0.2) is 60.7 Å². The molecule has 0 fully saturated rings. The van der Waals surface area contributed by atoms with E-state index in [4.69, 9.17) is 4.74 Å². The van der Waals surface area contributed by atoms with Gasteiger partial charge in [0.05, 0.1) is 0 Å². The number of thioether (sulfide) groups is 1. The lowest BCUT2D eigenvalue weighted by Crippen LogP contribution is -2.31. The molecule has 2 aromatic rings. The van der Waals surface area contributed by atoms with E-state index in [1.54, 1.807) is 0 Å². The molecular formula is C22H25NO4S. The Bertz CT molecular complexity index is 765. The molecule has 1 unspecified atom stereocenters. The number of hydrogen-bond donors (Lipinski definition) is 1. The van der Waals surface area contributed by atoms with Gasteiger partial charge in [-0.05, 0) is 23.5 Å². The Balaban J connectivity index is 1.79. The van der Waals surface area contributed by atoms with Gasteiger partial charge in [0.1, 0.15) is 13.2 Å². The lowest BCUT2D eigenvalue weighted by molar-refractivity contribution is -0.145. The van der Waals surface area contributed by atoms with Crippen LogP contribution in [0.3, 0.4) is 0 Å². The average Bonchev–Trinajstić information content (AvgIpc) is 2.71. The van der Waals surface area contributed by atoms with Gasteiger partial charge in [0.15, 0.2) is 5.12 Å². The van der Waals surface area contributed by atoms with Gasteiger partial charge in [-0.15, -0.1) is 0 Å². The van der Waals surface area contributed by atoms with Crippen molar-refractivity contribution < 1.29 is 19.1 Å². The number of nitrogens with one attached hydrogen (secondary N) is 1. The zero-order valence-electron chi connectivity index (χ0n) is 15.9. The van der Waals surface area contributed by atoms with Crippen LogP contribution in [0.2, 0.25) is 0 Å². The van der Waals surface area contributed by atoms with Crippen LogP contribution in [-0.4, -0.2) is 29.3 Å². The van der Waals surface area contributed by atoms with E-state index in [1.807, 2.05) is 60.7 Å². The summed E-state index contributed by atoms with van der Waals surface area (Å²) in [4.78, 5) is 35.3. The molecule has 0 aliphatic heterocycles. The van der Waals surface area contributed by atoms with E-state index < -0.39 is 5.97 Å². The molecular weight excluding hydrogens is 374 g/mol. The second-order valence-corrected chi connectivity index (χ2v) is 7.64. The first-order chi connectivity index (χ1) is 13.5. The number of ether oxygens (including phenoxy) is 1. The summed E-state index contributed by atoms with van der Waals surface area (Å²) >= 11 is 1.26. The van der Waals surface area contributed by atoms with Crippen molar-refractivity contribution in [2.45, 2.75) is 32.3 Å². The Morgan fingerprint density at radius 3 is 2.29 bits per heavy atom. The van der Waals surface area contributed by atoms with E-state index in [-0.39, 0.29) is 36.5 Å². The van der Waals surface area contributed by atoms with Gasteiger partial charge in [-0.3, -0.25) is 14.4 Å². The molecule has 0 aliphatic rings. The predicted molar refractivity (Wildman–Crippen MR) is 111 cm³/mol. The average molecular weight is 400 g/mol. The SMILES string of the molecule is CC(=O)SCCC(CC(=O)NCC(=O)OCc1ccccc1)c1ccccc1. The summed E-state index contributed by atoms with van der Waals surface area (Å²) in [6, 6.07) is 19.1. The Hall–Kier alpha value is -2.60. The summed E-state index contributed by atoms with van der Waals surface area (Å²) in [5.74, 6) is -0.0336. The minimum absolute atomic E-state index is 0.00612. The monoisotopic (exact) mass is 399 g/mol. The fourth-order valence-corrected chi connectivity index (χ4v) is 3.40. The van der Waals surface area contributed by atoms with Crippen LogP contribution in [0, 0.1) is 0 Å². The number of esters is 1. The Morgan fingerprint density at radius 1 is 1.00 bits per heavy atom. The molecule has 0 bridgehead atoms. The molecule has 6 heteroatoms. The van der Waals surface area contributed by atoms with Crippen LogP contribution in [0.4, 0.5) is 0 Å². The van der Waals surface area contributed by atoms with E-state index >= 15 is 0 Å². The molecule has 0 heterocycles. The third-order valence-corrected chi connectivity index (χ3v) is 4.99. The number of hydrogen-bond acceptors (Lipinski definition) is 5. The minimum Gasteiger partial charge on any atom is -0.460 e. The van der Waals surface area contributed by atoms with Crippen LogP contribution < -0.4 is 5.32 Å². The Labute approximate surface area is 169 Å². The van der Waals surface area contributed by atoms with Crippen molar-refractivity contribution in [3.63, 3.8) is 0 Å². The molecule has 1 N–H and O–H groups in total. The Kier molecular flexibility index (Phi) is 9.28. The highest BCUT2D eigenvalue weighted by Crippen LogP contribution is 2.25. The summed E-state index contributed by atoms with van der Waals surface area (Å²) in [6.07, 6.45) is 0.967. The van der Waals surface area contributed by atoms with Gasteiger partial charge < -0.3 is 10.1 Å². The van der Waals surface area contributed by atoms with E-state index in [0.717, 1.165) is 11.1 Å². The smallest absolute Gasteiger partial charge is 0.325 e. The van der Waals surface area contributed by atoms with E-state index in [2.05, 4.69) is 5.32 Å². The maximum Gasteiger partial charge on any atom is 0.325 e. The van der Waals surface area contributed by atoms with Gasteiger partial charge in [-0.1, -0.05) is 72.4 Å². The molecule has 148 valence electrons. The third-order valence-electron chi connectivity index (χ3n) is 4.15. The Morgan fingerprint density at radius 2 is 1.64 bits per heavy atom. The number of carbonyl (C=O) groups excluding carboxylic acids is 3. The summed E-state index contributed by atoms with van der Waals surface area (Å²) in [5, 5.41) is 2.70. The van der Waals surface area contributed by atoms with Gasteiger partial charge in [0.2, 0.25) is 5.91 Å². The van der Waals surface area contributed by atoms with Crippen molar-refractivity contribution >= 4 is 28.8 Å². The summed E-state index contributed by atoms with van der Waals surface area (Å²) in [6.45, 7) is 1.57. The molecule has 5 nitrogen and oxygen atoms in total. The van der Waals surface area contributed by atoms with Gasteiger partial charge in [-0.2, -0.15) is 0 Å². The highest BCUT2D eigenvalue weighted by atomic mass is 32.2. The first kappa shape index (κ1) is 21.7. The molecule has 2 aromatic carbocycles. The maximum atomic E-state index is 12.3. The molecule has 0 aliphatic carbocycles. The normalized spacial score (nSPS) is 11.5. The predicted octanol–water partition coefficient (Wildman–Crippen LogP) is 3.69. The standard InChI is InChI=1S/C22H25NO4S/c1-17(24)28-13-12-20(19-10-6-3-7-11-19)14-21(25)23-15-22(26)27-16-18-8-4-2-5-9-18/h2-11,20H,12-16H2,1H3,(H,23,25). The number of rotatable bonds is 10. The third kappa shape index (κ3) is 8.39. The van der Waals surface area contributed by atoms with Crippen LogP contribution in [0.5, 0.6) is 0 Å². The van der Waals surface area contributed by atoms with Gasteiger partial charge >= 0.3 is 5.97 Å². The van der Waals surface area contributed by atoms with Gasteiger partial charge in [0, 0.05) is 19.1 Å². The first-order valence-corrected chi connectivity index (χ1v) is 10.2. The topological polar surface area (TPSA) is 72.5 Å². The van der Waals surface area contributed by atoms with Crippen LogP contribution in [0.25, 0.3) is 0 Å². The van der Waals surface area contributed by atoms with Gasteiger partial charge in [-0.25, -0.2) is 0 Å². The fraction of sp³-hybridized carbons (Fsp3) is 0.318. The molecule has 1 atom stereocenters.